The first-order valence-corrected chi connectivity index (χ1v) is 14.2. The average Bonchev–Trinajstić information content (AvgIpc) is 2.80. The Hall–Kier alpha value is -2.99. The van der Waals surface area contributed by atoms with E-state index < -0.39 is 57.4 Å². The van der Waals surface area contributed by atoms with Crippen LogP contribution in [-0.4, -0.2) is 56.6 Å². The van der Waals surface area contributed by atoms with Crippen molar-refractivity contribution in [1.29, 1.82) is 0 Å². The number of nitrogens with one attached hydrogen (secondary N) is 1. The third kappa shape index (κ3) is 9.03. The first-order chi connectivity index (χ1) is 17.9. The molecule has 0 saturated carbocycles. The lowest BCUT2D eigenvalue weighted by Crippen LogP contribution is -2.55. The fraction of sp³-hybridized carbons (Fsp3) is 0.462. The van der Waals surface area contributed by atoms with E-state index >= 15 is 0 Å². The summed E-state index contributed by atoms with van der Waals surface area (Å²) in [5.41, 5.74) is -1.67. The Morgan fingerprint density at radius 2 is 1.74 bits per heavy atom. The van der Waals surface area contributed by atoms with Crippen LogP contribution in [-0.2, 0) is 32.3 Å². The summed E-state index contributed by atoms with van der Waals surface area (Å²) < 4.78 is 71.4. The van der Waals surface area contributed by atoms with Crippen LogP contribution < -0.4 is 14.4 Å². The first-order valence-electron chi connectivity index (χ1n) is 12.0. The fourth-order valence-electron chi connectivity index (χ4n) is 3.81. The maximum Gasteiger partial charge on any atom is 0.416 e. The largest absolute Gasteiger partial charge is 0.497 e. The van der Waals surface area contributed by atoms with Crippen LogP contribution in [0.4, 0.5) is 18.9 Å². The van der Waals surface area contributed by atoms with Gasteiger partial charge in [-0.1, -0.05) is 30.7 Å². The summed E-state index contributed by atoms with van der Waals surface area (Å²) >= 11 is 6.11. The van der Waals surface area contributed by atoms with Crippen molar-refractivity contribution >= 4 is 39.1 Å². The van der Waals surface area contributed by atoms with Crippen molar-refractivity contribution in [3.63, 3.8) is 0 Å². The third-order valence-electron chi connectivity index (χ3n) is 5.59. The van der Waals surface area contributed by atoms with Gasteiger partial charge in [0.2, 0.25) is 21.8 Å². The number of nitrogens with zero attached hydrogens (tertiary/aromatic N) is 2. The predicted octanol–water partition coefficient (Wildman–Crippen LogP) is 4.86. The summed E-state index contributed by atoms with van der Waals surface area (Å²) in [6.45, 7) is 6.02. The molecule has 216 valence electrons. The second-order valence-corrected chi connectivity index (χ2v) is 12.3. The molecule has 13 heteroatoms. The highest BCUT2D eigenvalue weighted by molar-refractivity contribution is 7.92. The molecule has 1 atom stereocenters. The highest BCUT2D eigenvalue weighted by Gasteiger charge is 2.35. The summed E-state index contributed by atoms with van der Waals surface area (Å²) in [5.74, 6) is -0.780. The number of methoxy groups -OCH3 is 1. The third-order valence-corrected chi connectivity index (χ3v) is 7.04. The van der Waals surface area contributed by atoms with Crippen LogP contribution in [0.15, 0.2) is 42.5 Å². The number of anilines is 1. The molecule has 0 fully saturated rings. The quantitative estimate of drug-likeness (QED) is 0.426. The number of rotatable bonds is 10. The Bertz CT molecular complexity index is 1300. The molecule has 2 aromatic carbocycles. The van der Waals surface area contributed by atoms with E-state index in [9.17, 15) is 31.2 Å². The lowest BCUT2D eigenvalue weighted by atomic mass is 10.1. The molecule has 0 aliphatic rings. The van der Waals surface area contributed by atoms with Gasteiger partial charge in [0.1, 0.15) is 18.3 Å². The van der Waals surface area contributed by atoms with E-state index in [1.165, 1.54) is 12.0 Å². The fourth-order valence-corrected chi connectivity index (χ4v) is 4.94. The zero-order chi connectivity index (χ0) is 29.8. The standard InChI is InChI=1S/C26H33ClF3N3O5S/c1-7-21(24(35)31-25(2,3)4)32(15-17-9-8-10-19(13-17)38-5)23(34)16-33(39(6,36)37)22-14-18(26(28,29)30)11-12-20(22)27/h8-14,21H,7,15-16H2,1-6H3,(H,31,35)/t21-/m0/s1. The number of ether oxygens (including phenoxy) is 1. The van der Waals surface area contributed by atoms with Crippen molar-refractivity contribution in [3.05, 3.63) is 58.6 Å². The normalized spacial score (nSPS) is 13.0. The smallest absolute Gasteiger partial charge is 0.416 e. The number of alkyl halides is 3. The van der Waals surface area contributed by atoms with Gasteiger partial charge in [-0.05, 0) is 63.1 Å². The Morgan fingerprint density at radius 3 is 2.26 bits per heavy atom. The summed E-state index contributed by atoms with van der Waals surface area (Å²) in [6, 6.07) is 7.95. The van der Waals surface area contributed by atoms with Crippen LogP contribution in [0.1, 0.15) is 45.2 Å². The molecule has 2 aromatic rings. The molecular weight excluding hydrogens is 559 g/mol. The molecule has 0 radical (unpaired) electrons. The maximum atomic E-state index is 13.7. The van der Waals surface area contributed by atoms with E-state index in [1.807, 2.05) is 0 Å². The van der Waals surface area contributed by atoms with Crippen molar-refractivity contribution in [1.82, 2.24) is 10.2 Å². The number of hydrogen-bond donors (Lipinski definition) is 1. The molecule has 0 aliphatic heterocycles. The number of benzene rings is 2. The van der Waals surface area contributed by atoms with Crippen LogP contribution in [0.3, 0.4) is 0 Å². The van der Waals surface area contributed by atoms with Crippen LogP contribution in [0, 0.1) is 0 Å². The summed E-state index contributed by atoms with van der Waals surface area (Å²) in [4.78, 5) is 28.1. The van der Waals surface area contributed by atoms with Gasteiger partial charge in [0, 0.05) is 12.1 Å². The Morgan fingerprint density at radius 1 is 1.10 bits per heavy atom. The number of halogens is 4. The van der Waals surface area contributed by atoms with E-state index in [2.05, 4.69) is 5.32 Å². The number of sulfonamides is 1. The van der Waals surface area contributed by atoms with Crippen molar-refractivity contribution in [3.8, 4) is 5.75 Å². The number of carbonyl (C=O) groups is 2. The lowest BCUT2D eigenvalue weighted by molar-refractivity contribution is -0.141. The monoisotopic (exact) mass is 591 g/mol. The molecular formula is C26H33ClF3N3O5S. The molecule has 0 aromatic heterocycles. The van der Waals surface area contributed by atoms with E-state index in [4.69, 9.17) is 16.3 Å². The van der Waals surface area contributed by atoms with E-state index in [-0.39, 0.29) is 18.0 Å². The SMILES string of the molecule is CC[C@@H](C(=O)NC(C)(C)C)N(Cc1cccc(OC)c1)C(=O)CN(c1cc(C(F)(F)F)ccc1Cl)S(C)(=O)=O. The Labute approximate surface area is 232 Å². The van der Waals surface area contributed by atoms with Crippen LogP contribution >= 0.6 is 11.6 Å². The van der Waals surface area contributed by atoms with Gasteiger partial charge in [-0.15, -0.1) is 0 Å². The van der Waals surface area contributed by atoms with Gasteiger partial charge in [-0.3, -0.25) is 13.9 Å². The average molecular weight is 592 g/mol. The second kappa shape index (κ2) is 12.5. The molecule has 8 nitrogen and oxygen atoms in total. The maximum absolute atomic E-state index is 13.7. The lowest BCUT2D eigenvalue weighted by Gasteiger charge is -2.34. The second-order valence-electron chi connectivity index (χ2n) is 9.97. The molecule has 0 bridgehead atoms. The molecule has 0 heterocycles. The van der Waals surface area contributed by atoms with E-state index in [1.54, 1.807) is 52.0 Å². The van der Waals surface area contributed by atoms with Gasteiger partial charge in [0.05, 0.1) is 29.6 Å². The van der Waals surface area contributed by atoms with Gasteiger partial charge >= 0.3 is 6.18 Å². The van der Waals surface area contributed by atoms with Crippen molar-refractivity contribution in [2.24, 2.45) is 0 Å². The highest BCUT2D eigenvalue weighted by atomic mass is 35.5. The van der Waals surface area contributed by atoms with Crippen molar-refractivity contribution < 1.29 is 35.9 Å². The van der Waals surface area contributed by atoms with Gasteiger partial charge in [-0.2, -0.15) is 13.2 Å². The predicted molar refractivity (Wildman–Crippen MR) is 144 cm³/mol. The number of amides is 2. The molecule has 1 N–H and O–H groups in total. The number of hydrogen-bond acceptors (Lipinski definition) is 5. The zero-order valence-electron chi connectivity index (χ0n) is 22.6. The summed E-state index contributed by atoms with van der Waals surface area (Å²) in [5, 5.41) is 2.53. The summed E-state index contributed by atoms with van der Waals surface area (Å²) in [6.07, 6.45) is -3.84. The molecule has 39 heavy (non-hydrogen) atoms. The Kier molecular flexibility index (Phi) is 10.3. The minimum absolute atomic E-state index is 0.0972. The molecule has 0 unspecified atom stereocenters. The Balaban J connectivity index is 2.58. The first kappa shape index (κ1) is 32.2. The minimum atomic E-state index is -4.77. The van der Waals surface area contributed by atoms with Crippen molar-refractivity contribution in [2.45, 2.75) is 58.4 Å². The molecule has 2 amide bonds. The number of carbonyl (C=O) groups excluding carboxylic acids is 2. The van der Waals surface area contributed by atoms with Gasteiger partial charge in [-0.25, -0.2) is 8.42 Å². The molecule has 0 spiro atoms. The van der Waals surface area contributed by atoms with Gasteiger partial charge < -0.3 is 15.0 Å². The minimum Gasteiger partial charge on any atom is -0.497 e. The molecule has 2 rings (SSSR count). The van der Waals surface area contributed by atoms with Crippen LogP contribution in [0.2, 0.25) is 5.02 Å². The van der Waals surface area contributed by atoms with Crippen LogP contribution in [0.25, 0.3) is 0 Å². The van der Waals surface area contributed by atoms with E-state index in [0.29, 0.717) is 27.8 Å². The highest BCUT2D eigenvalue weighted by Crippen LogP contribution is 2.36. The topological polar surface area (TPSA) is 96.0 Å². The molecule has 0 saturated heterocycles. The van der Waals surface area contributed by atoms with E-state index in [0.717, 1.165) is 12.3 Å². The molecule has 0 aliphatic carbocycles. The van der Waals surface area contributed by atoms with Crippen LogP contribution in [0.5, 0.6) is 5.75 Å². The van der Waals surface area contributed by atoms with Gasteiger partial charge in [0.25, 0.3) is 0 Å². The summed E-state index contributed by atoms with van der Waals surface area (Å²) in [7, 11) is -2.81. The van der Waals surface area contributed by atoms with Gasteiger partial charge in [0.15, 0.2) is 0 Å². The zero-order valence-corrected chi connectivity index (χ0v) is 24.2. The van der Waals surface area contributed by atoms with Crippen molar-refractivity contribution in [2.75, 3.05) is 24.2 Å².